The lowest BCUT2D eigenvalue weighted by Crippen LogP contribution is -2.47. The van der Waals surface area contributed by atoms with E-state index < -0.39 is 17.4 Å². The van der Waals surface area contributed by atoms with E-state index in [0.29, 0.717) is 52.6 Å². The molecule has 0 radical (unpaired) electrons. The second-order valence-corrected chi connectivity index (χ2v) is 14.1. The number of aliphatic carboxylic acids is 1. The van der Waals surface area contributed by atoms with Crippen LogP contribution in [0.25, 0.3) is 27.9 Å². The summed E-state index contributed by atoms with van der Waals surface area (Å²) in [6.45, 7) is 20.8. The van der Waals surface area contributed by atoms with Crippen LogP contribution in [0.15, 0.2) is 22.9 Å². The normalized spacial score (nSPS) is 18.1. The SMILES string of the molecule is CC(C)(C)O.CC(C)=C(O/N=C(\C)N1CC(C)OC(C)C1)c1cc2c(-c3cc(F)c4c(c3C)CCCO4)c(CC(=O)O)c(C)nc2n1C. The lowest BCUT2D eigenvalue weighted by Gasteiger charge is -2.36. The van der Waals surface area contributed by atoms with Gasteiger partial charge in [0, 0.05) is 36.8 Å². The third kappa shape index (κ3) is 8.36. The molecule has 2 aliphatic heterocycles. The molecule has 48 heavy (non-hydrogen) atoms. The Morgan fingerprint density at radius 2 is 1.77 bits per heavy atom. The maximum Gasteiger partial charge on any atom is 0.307 e. The van der Waals surface area contributed by atoms with Gasteiger partial charge in [-0.1, -0.05) is 5.16 Å². The fourth-order valence-corrected chi connectivity index (χ4v) is 6.30. The number of amidine groups is 1. The van der Waals surface area contributed by atoms with Gasteiger partial charge in [0.2, 0.25) is 0 Å². The molecule has 1 saturated heterocycles. The van der Waals surface area contributed by atoms with Gasteiger partial charge in [-0.3, -0.25) is 4.79 Å². The van der Waals surface area contributed by atoms with Crippen molar-refractivity contribution in [2.75, 3.05) is 19.7 Å². The molecule has 5 rings (SSSR count). The van der Waals surface area contributed by atoms with E-state index in [1.165, 1.54) is 6.07 Å². The number of benzene rings is 1. The molecule has 3 aromatic rings. The van der Waals surface area contributed by atoms with E-state index in [-0.39, 0.29) is 18.6 Å². The van der Waals surface area contributed by atoms with Gasteiger partial charge in [-0.2, -0.15) is 0 Å². The highest BCUT2D eigenvalue weighted by molar-refractivity contribution is 6.00. The first-order valence-electron chi connectivity index (χ1n) is 16.5. The standard InChI is InChI=1S/C33H41FN4O5.C4H10O/c1-17(2)31(43-36-22(7)38-15-18(3)42-19(4)16-38)28-13-26-30(25(14-29(39)40)21(6)35-33(26)37(28)8)24-12-27(34)32-23(20(24)5)10-9-11-41-32;1-4(2,3)5/h12-13,18-19H,9-11,14-16H2,1-8H3,(H,39,40);5H,1-3H3/b36-22+;. The molecule has 11 heteroatoms. The summed E-state index contributed by atoms with van der Waals surface area (Å²) < 4.78 is 28.9. The molecule has 0 saturated carbocycles. The van der Waals surface area contributed by atoms with Crippen molar-refractivity contribution in [2.24, 2.45) is 12.2 Å². The molecular weight excluding hydrogens is 615 g/mol. The number of aliphatic hydroxyl groups is 1. The number of rotatable bonds is 6. The predicted molar refractivity (Wildman–Crippen MR) is 187 cm³/mol. The summed E-state index contributed by atoms with van der Waals surface area (Å²) in [5.74, 6) is 0.186. The highest BCUT2D eigenvalue weighted by Gasteiger charge is 2.28. The lowest BCUT2D eigenvalue weighted by molar-refractivity contribution is -0.136. The molecule has 0 aliphatic carbocycles. The van der Waals surface area contributed by atoms with Crippen molar-refractivity contribution >= 4 is 28.6 Å². The molecule has 10 nitrogen and oxygen atoms in total. The Bertz CT molecular complexity index is 1730. The van der Waals surface area contributed by atoms with Gasteiger partial charge in [0.25, 0.3) is 0 Å². The minimum absolute atomic E-state index is 0.0891. The van der Waals surface area contributed by atoms with Gasteiger partial charge in [-0.15, -0.1) is 0 Å². The lowest BCUT2D eigenvalue weighted by atomic mass is 9.87. The zero-order valence-electron chi connectivity index (χ0n) is 30.2. The number of carboxylic acids is 1. The van der Waals surface area contributed by atoms with Crippen LogP contribution in [0.5, 0.6) is 5.75 Å². The van der Waals surface area contributed by atoms with E-state index in [4.69, 9.17) is 24.4 Å². The number of aryl methyl sites for hydroxylation is 2. The highest BCUT2D eigenvalue weighted by Crippen LogP contribution is 2.43. The van der Waals surface area contributed by atoms with Gasteiger partial charge >= 0.3 is 5.97 Å². The number of hydrogen-bond donors (Lipinski definition) is 2. The van der Waals surface area contributed by atoms with E-state index in [1.807, 2.05) is 59.2 Å². The van der Waals surface area contributed by atoms with Crippen LogP contribution in [-0.4, -0.2) is 74.0 Å². The number of fused-ring (bicyclic) bond motifs is 2. The van der Waals surface area contributed by atoms with Gasteiger partial charge in [0.1, 0.15) is 11.5 Å². The summed E-state index contributed by atoms with van der Waals surface area (Å²) in [5.41, 5.74) is 5.94. The molecule has 2 atom stereocenters. The second-order valence-electron chi connectivity index (χ2n) is 14.1. The van der Waals surface area contributed by atoms with Crippen molar-refractivity contribution in [1.82, 2.24) is 14.5 Å². The van der Waals surface area contributed by atoms with Crippen LogP contribution < -0.4 is 4.74 Å². The first-order valence-corrected chi connectivity index (χ1v) is 16.5. The first-order chi connectivity index (χ1) is 22.4. The van der Waals surface area contributed by atoms with Crippen molar-refractivity contribution in [1.29, 1.82) is 0 Å². The molecule has 2 unspecified atom stereocenters. The molecule has 0 spiro atoms. The number of halogens is 1. The largest absolute Gasteiger partial charge is 0.490 e. The van der Waals surface area contributed by atoms with Crippen molar-refractivity contribution < 1.29 is 33.7 Å². The van der Waals surface area contributed by atoms with Gasteiger partial charge in [-0.05, 0) is 122 Å². The monoisotopic (exact) mass is 666 g/mol. The molecule has 262 valence electrons. The highest BCUT2D eigenvalue weighted by atomic mass is 19.1. The molecule has 2 aromatic heterocycles. The third-order valence-corrected chi connectivity index (χ3v) is 8.35. The van der Waals surface area contributed by atoms with Crippen LogP contribution in [-0.2, 0) is 34.3 Å². The quantitative estimate of drug-likeness (QED) is 0.126. The van der Waals surface area contributed by atoms with Gasteiger partial charge in [-0.25, -0.2) is 9.37 Å². The molecule has 1 fully saturated rings. The Labute approximate surface area is 283 Å². The average molecular weight is 667 g/mol. The number of ether oxygens (including phenoxy) is 2. The van der Waals surface area contributed by atoms with Gasteiger partial charge in [0.15, 0.2) is 17.3 Å². The number of hydrogen-bond acceptors (Lipinski definition) is 7. The number of allylic oxidation sites excluding steroid dienone is 1. The summed E-state index contributed by atoms with van der Waals surface area (Å²) in [4.78, 5) is 25.2. The van der Waals surface area contributed by atoms with E-state index >= 15 is 4.39 Å². The number of carbonyl (C=O) groups is 1. The Morgan fingerprint density at radius 1 is 1.15 bits per heavy atom. The van der Waals surface area contributed by atoms with E-state index in [1.54, 1.807) is 27.7 Å². The van der Waals surface area contributed by atoms with E-state index in [2.05, 4.69) is 10.1 Å². The number of pyridine rings is 1. The third-order valence-electron chi connectivity index (χ3n) is 8.35. The molecule has 2 N–H and O–H groups in total. The minimum Gasteiger partial charge on any atom is -0.490 e. The van der Waals surface area contributed by atoms with Crippen LogP contribution in [0.1, 0.15) is 89.9 Å². The number of carboxylic acid groups (broad SMARTS) is 1. The number of aromatic nitrogens is 2. The van der Waals surface area contributed by atoms with Crippen LogP contribution in [0, 0.1) is 19.7 Å². The molecule has 4 heterocycles. The van der Waals surface area contributed by atoms with E-state index in [9.17, 15) is 9.90 Å². The smallest absolute Gasteiger partial charge is 0.307 e. The Kier molecular flexibility index (Phi) is 11.3. The Hall–Kier alpha value is -3.96. The topological polar surface area (TPSA) is 119 Å². The molecule has 1 aromatic carbocycles. The number of oxime groups is 1. The van der Waals surface area contributed by atoms with Crippen LogP contribution in [0.2, 0.25) is 0 Å². The van der Waals surface area contributed by atoms with Crippen molar-refractivity contribution in [3.63, 3.8) is 0 Å². The zero-order valence-corrected chi connectivity index (χ0v) is 30.2. The zero-order chi connectivity index (χ0) is 35.7. The second kappa shape index (κ2) is 14.7. The number of morpholine rings is 1. The maximum absolute atomic E-state index is 15.5. The van der Waals surface area contributed by atoms with Crippen molar-refractivity contribution in [2.45, 2.75) is 106 Å². The Balaban J connectivity index is 0.000000968. The van der Waals surface area contributed by atoms with Crippen molar-refractivity contribution in [3.05, 3.63) is 51.6 Å². The van der Waals surface area contributed by atoms with Gasteiger partial charge < -0.3 is 34.0 Å². The minimum atomic E-state index is -0.981. The predicted octanol–water partition coefficient (Wildman–Crippen LogP) is 6.94. The van der Waals surface area contributed by atoms with Crippen LogP contribution >= 0.6 is 0 Å². The van der Waals surface area contributed by atoms with Crippen molar-refractivity contribution in [3.8, 4) is 16.9 Å². The molecule has 2 aliphatic rings. The van der Waals surface area contributed by atoms with Crippen LogP contribution in [0.4, 0.5) is 4.39 Å². The summed E-state index contributed by atoms with van der Waals surface area (Å²) in [7, 11) is 1.90. The Morgan fingerprint density at radius 3 is 2.35 bits per heavy atom. The summed E-state index contributed by atoms with van der Waals surface area (Å²) in [6, 6.07) is 3.42. The summed E-state index contributed by atoms with van der Waals surface area (Å²) >= 11 is 0. The number of nitrogens with zero attached hydrogens (tertiary/aromatic N) is 4. The molecule has 0 amide bonds. The first kappa shape index (κ1) is 36.9. The fraction of sp³-hybridized carbons (Fsp3) is 0.541. The summed E-state index contributed by atoms with van der Waals surface area (Å²) in [5, 5.41) is 23.6. The molecular formula is C37H51FN4O6. The summed E-state index contributed by atoms with van der Waals surface area (Å²) in [6.07, 6.45) is 1.43. The fourth-order valence-electron chi connectivity index (χ4n) is 6.30. The van der Waals surface area contributed by atoms with Gasteiger partial charge in [0.05, 0.1) is 36.5 Å². The van der Waals surface area contributed by atoms with E-state index in [0.717, 1.165) is 53.1 Å². The average Bonchev–Trinajstić information content (AvgIpc) is 3.28. The molecule has 0 bridgehead atoms. The maximum atomic E-state index is 15.5. The van der Waals surface area contributed by atoms with Crippen LogP contribution in [0.3, 0.4) is 0 Å².